The summed E-state index contributed by atoms with van der Waals surface area (Å²) in [7, 11) is -3.49. The number of hydrogen-bond donors (Lipinski definition) is 2. The van der Waals surface area contributed by atoms with Crippen LogP contribution >= 0.6 is 11.8 Å². The van der Waals surface area contributed by atoms with Crippen LogP contribution in [-0.4, -0.2) is 58.8 Å². The van der Waals surface area contributed by atoms with E-state index in [1.54, 1.807) is 13.8 Å². The quantitative estimate of drug-likeness (QED) is 0.651. The van der Waals surface area contributed by atoms with E-state index in [0.717, 1.165) is 6.26 Å². The molecule has 2 saturated heterocycles. The Morgan fingerprint density at radius 1 is 1.50 bits per heavy atom. The third-order valence-electron chi connectivity index (χ3n) is 3.02. The van der Waals surface area contributed by atoms with Gasteiger partial charge in [0.25, 0.3) is 0 Å². The van der Waals surface area contributed by atoms with Gasteiger partial charge in [-0.15, -0.1) is 11.8 Å². The zero-order valence-corrected chi connectivity index (χ0v) is 11.7. The fourth-order valence-corrected chi connectivity index (χ4v) is 4.75. The van der Waals surface area contributed by atoms with Crippen molar-refractivity contribution in [1.29, 1.82) is 0 Å². The van der Waals surface area contributed by atoms with E-state index >= 15 is 0 Å². The molecule has 0 bridgehead atoms. The van der Waals surface area contributed by atoms with Crippen molar-refractivity contribution in [3.63, 3.8) is 0 Å². The molecule has 2 fully saturated rings. The lowest BCUT2D eigenvalue weighted by molar-refractivity contribution is -0.159. The van der Waals surface area contributed by atoms with Gasteiger partial charge in [0.1, 0.15) is 17.5 Å². The molecule has 0 radical (unpaired) electrons. The molecule has 18 heavy (non-hydrogen) atoms. The molecule has 0 saturated carbocycles. The lowest BCUT2D eigenvalue weighted by atomic mass is 9.96. The summed E-state index contributed by atoms with van der Waals surface area (Å²) >= 11 is 1.30. The summed E-state index contributed by atoms with van der Waals surface area (Å²) in [4.78, 5) is 24.3. The Hall–Kier alpha value is -0.800. The number of β-lactam (4-membered cyclic amide) rings is 1. The monoisotopic (exact) mass is 294 g/mol. The van der Waals surface area contributed by atoms with Crippen molar-refractivity contribution < 1.29 is 23.1 Å². The molecule has 7 nitrogen and oxygen atoms in total. The van der Waals surface area contributed by atoms with Crippen LogP contribution in [0.5, 0.6) is 0 Å². The summed E-state index contributed by atoms with van der Waals surface area (Å²) in [6, 6.07) is -1.77. The third-order valence-corrected chi connectivity index (χ3v) is 5.27. The van der Waals surface area contributed by atoms with Gasteiger partial charge in [0, 0.05) is 4.75 Å². The number of carbonyl (C=O) groups excluding carboxylic acids is 1. The van der Waals surface area contributed by atoms with Gasteiger partial charge < -0.3 is 10.0 Å². The number of carboxylic acid groups (broad SMARTS) is 1. The first-order valence-corrected chi connectivity index (χ1v) is 8.02. The van der Waals surface area contributed by atoms with Gasteiger partial charge in [-0.3, -0.25) is 4.79 Å². The molecule has 3 unspecified atom stereocenters. The number of sulfonamides is 1. The van der Waals surface area contributed by atoms with E-state index in [-0.39, 0.29) is 0 Å². The van der Waals surface area contributed by atoms with Crippen molar-refractivity contribution in [3.8, 4) is 0 Å². The van der Waals surface area contributed by atoms with Crippen LogP contribution in [-0.2, 0) is 19.6 Å². The molecule has 0 aromatic rings. The molecule has 2 aliphatic rings. The Labute approximate surface area is 109 Å². The molecule has 2 heterocycles. The molecule has 9 heteroatoms. The van der Waals surface area contributed by atoms with Crippen LogP contribution in [0.15, 0.2) is 0 Å². The third kappa shape index (κ3) is 1.99. The predicted octanol–water partition coefficient (Wildman–Crippen LogP) is -0.949. The van der Waals surface area contributed by atoms with Crippen LogP contribution in [0.2, 0.25) is 0 Å². The van der Waals surface area contributed by atoms with Crippen molar-refractivity contribution in [2.75, 3.05) is 6.26 Å². The Morgan fingerprint density at radius 3 is 2.50 bits per heavy atom. The van der Waals surface area contributed by atoms with Gasteiger partial charge in [0.2, 0.25) is 15.9 Å². The Morgan fingerprint density at radius 2 is 2.06 bits per heavy atom. The molecule has 0 aromatic heterocycles. The molecular weight excluding hydrogens is 280 g/mol. The highest BCUT2D eigenvalue weighted by Crippen LogP contribution is 2.50. The molecule has 2 rings (SSSR count). The molecular formula is C9H14N2O5S2. The molecule has 0 spiro atoms. The summed E-state index contributed by atoms with van der Waals surface area (Å²) in [5, 5.41) is 8.72. The van der Waals surface area contributed by atoms with Crippen molar-refractivity contribution in [1.82, 2.24) is 9.62 Å². The maximum absolute atomic E-state index is 11.8. The summed E-state index contributed by atoms with van der Waals surface area (Å²) in [6.07, 6.45) is 0.975. The lowest BCUT2D eigenvalue weighted by Crippen LogP contribution is -2.70. The highest BCUT2D eigenvalue weighted by Gasteiger charge is 2.64. The van der Waals surface area contributed by atoms with Crippen molar-refractivity contribution in [2.45, 2.75) is 36.1 Å². The molecule has 0 aliphatic carbocycles. The number of hydrogen-bond acceptors (Lipinski definition) is 5. The van der Waals surface area contributed by atoms with Gasteiger partial charge in [-0.2, -0.15) is 4.72 Å². The number of carboxylic acids is 1. The molecule has 2 aliphatic heterocycles. The van der Waals surface area contributed by atoms with E-state index in [2.05, 4.69) is 4.72 Å². The Balaban J connectivity index is 2.24. The van der Waals surface area contributed by atoms with Gasteiger partial charge in [-0.05, 0) is 13.8 Å². The summed E-state index contributed by atoms with van der Waals surface area (Å²) in [6.45, 7) is 3.47. The standard InChI is InChI=1S/C9H14N2O5S2/c1-9(2)5(8(13)14)11-6(12)4(7(11)17-9)10-18(3,15)16/h4-5,7,10H,1-3H3,(H,13,14). The molecule has 0 aromatic carbocycles. The largest absolute Gasteiger partial charge is 0.480 e. The van der Waals surface area contributed by atoms with Crippen LogP contribution in [0.4, 0.5) is 0 Å². The van der Waals surface area contributed by atoms with E-state index < -0.39 is 44.1 Å². The topological polar surface area (TPSA) is 104 Å². The van der Waals surface area contributed by atoms with E-state index in [0.29, 0.717) is 0 Å². The molecule has 2 N–H and O–H groups in total. The average Bonchev–Trinajstić information content (AvgIpc) is 2.42. The van der Waals surface area contributed by atoms with Gasteiger partial charge in [-0.1, -0.05) is 0 Å². The second-order valence-electron chi connectivity index (χ2n) is 4.97. The first kappa shape index (κ1) is 13.6. The van der Waals surface area contributed by atoms with Gasteiger partial charge >= 0.3 is 5.97 Å². The Bertz CT molecular complexity index is 515. The number of nitrogens with zero attached hydrogens (tertiary/aromatic N) is 1. The average molecular weight is 294 g/mol. The SMILES string of the molecule is CC1(C)SC2C(NS(C)(=O)=O)C(=O)N2C1C(=O)O. The number of thioether (sulfide) groups is 1. The number of fused-ring (bicyclic) bond motifs is 1. The highest BCUT2D eigenvalue weighted by atomic mass is 32.2. The maximum Gasteiger partial charge on any atom is 0.327 e. The van der Waals surface area contributed by atoms with Crippen LogP contribution in [0.25, 0.3) is 0 Å². The van der Waals surface area contributed by atoms with Crippen LogP contribution < -0.4 is 4.72 Å². The maximum atomic E-state index is 11.8. The highest BCUT2D eigenvalue weighted by molar-refractivity contribution is 8.01. The minimum atomic E-state index is -3.49. The van der Waals surface area contributed by atoms with E-state index in [1.807, 2.05) is 0 Å². The minimum absolute atomic E-state index is 0.441. The second-order valence-corrected chi connectivity index (χ2v) is 8.52. The summed E-state index contributed by atoms with van der Waals surface area (Å²) in [5.74, 6) is -1.54. The zero-order chi connectivity index (χ0) is 13.9. The number of carbonyl (C=O) groups is 2. The summed E-state index contributed by atoms with van der Waals surface area (Å²) < 4.78 is 23.9. The number of rotatable bonds is 3. The second kappa shape index (κ2) is 3.84. The first-order valence-electron chi connectivity index (χ1n) is 5.25. The minimum Gasteiger partial charge on any atom is -0.480 e. The zero-order valence-electron chi connectivity index (χ0n) is 10.1. The van der Waals surface area contributed by atoms with Gasteiger partial charge in [-0.25, -0.2) is 13.2 Å². The fraction of sp³-hybridized carbons (Fsp3) is 0.778. The van der Waals surface area contributed by atoms with E-state index in [1.165, 1.54) is 16.7 Å². The Kier molecular flexibility index (Phi) is 2.91. The normalized spacial score (nSPS) is 34.1. The van der Waals surface area contributed by atoms with E-state index in [4.69, 9.17) is 5.11 Å². The van der Waals surface area contributed by atoms with Crippen molar-refractivity contribution >= 4 is 33.7 Å². The smallest absolute Gasteiger partial charge is 0.327 e. The molecule has 102 valence electrons. The number of aliphatic carboxylic acids is 1. The fourth-order valence-electron chi connectivity index (χ4n) is 2.35. The van der Waals surface area contributed by atoms with Crippen LogP contribution in [0, 0.1) is 0 Å². The van der Waals surface area contributed by atoms with Crippen LogP contribution in [0.1, 0.15) is 13.8 Å². The first-order chi connectivity index (χ1) is 8.04. The van der Waals surface area contributed by atoms with Crippen LogP contribution in [0.3, 0.4) is 0 Å². The van der Waals surface area contributed by atoms with Crippen molar-refractivity contribution in [2.24, 2.45) is 0 Å². The van der Waals surface area contributed by atoms with Gasteiger partial charge in [0.05, 0.1) is 6.26 Å². The molecule has 3 atom stereocenters. The van der Waals surface area contributed by atoms with Crippen molar-refractivity contribution in [3.05, 3.63) is 0 Å². The lowest BCUT2D eigenvalue weighted by Gasteiger charge is -2.43. The van der Waals surface area contributed by atoms with E-state index in [9.17, 15) is 18.0 Å². The van der Waals surface area contributed by atoms with Gasteiger partial charge in [0.15, 0.2) is 0 Å². The number of nitrogens with one attached hydrogen (secondary N) is 1. The predicted molar refractivity (Wildman–Crippen MR) is 65.5 cm³/mol. The number of amides is 1. The summed E-state index contributed by atoms with van der Waals surface area (Å²) in [5.41, 5.74) is 0. The molecule has 1 amide bonds.